The molecule has 0 saturated carbocycles. The Morgan fingerprint density at radius 2 is 1.88 bits per heavy atom. The minimum absolute atomic E-state index is 0.270. The molecular weight excluding hydrogens is 436 g/mol. The first-order chi connectivity index (χ1) is 16.0. The topological polar surface area (TPSA) is 114 Å². The second kappa shape index (κ2) is 7.53. The van der Waals surface area contributed by atoms with Gasteiger partial charge in [0.1, 0.15) is 17.4 Å². The Morgan fingerprint density at radius 1 is 1.15 bits per heavy atom. The Hall–Kier alpha value is -3.46. The highest BCUT2D eigenvalue weighted by molar-refractivity contribution is 6.11. The largest absolute Gasteiger partial charge is 0.360 e. The van der Waals surface area contributed by atoms with E-state index in [0.29, 0.717) is 11.4 Å². The average Bonchev–Trinajstić information content (AvgIpc) is 3.48. The Balaban J connectivity index is 1.57. The maximum atomic E-state index is 14.0. The summed E-state index contributed by atoms with van der Waals surface area (Å²) in [5.74, 6) is -1.88. The van der Waals surface area contributed by atoms with Gasteiger partial charge < -0.3 is 19.9 Å². The van der Waals surface area contributed by atoms with Gasteiger partial charge in [-0.1, -0.05) is 35.5 Å². The molecule has 2 saturated heterocycles. The second-order valence-corrected chi connectivity index (χ2v) is 10.2. The maximum absolute atomic E-state index is 14.0. The van der Waals surface area contributed by atoms with Crippen LogP contribution < -0.4 is 15.5 Å². The normalized spacial score (nSPS) is 29.4. The van der Waals surface area contributed by atoms with E-state index in [-0.39, 0.29) is 17.6 Å². The van der Waals surface area contributed by atoms with Gasteiger partial charge in [-0.2, -0.15) is 0 Å². The van der Waals surface area contributed by atoms with Crippen molar-refractivity contribution in [2.75, 3.05) is 10.2 Å². The lowest BCUT2D eigenvalue weighted by Gasteiger charge is -2.34. The lowest BCUT2D eigenvalue weighted by Crippen LogP contribution is -2.58. The fourth-order valence-corrected chi connectivity index (χ4v) is 5.34. The Labute approximate surface area is 197 Å². The predicted octanol–water partition coefficient (Wildman–Crippen LogP) is 2.50. The smallest absolute Gasteiger partial charge is 0.246 e. The van der Waals surface area contributed by atoms with E-state index in [1.807, 2.05) is 52.0 Å². The molecule has 1 aromatic heterocycles. The summed E-state index contributed by atoms with van der Waals surface area (Å²) in [7, 11) is 0. The van der Waals surface area contributed by atoms with Gasteiger partial charge >= 0.3 is 0 Å². The van der Waals surface area contributed by atoms with Gasteiger partial charge in [0, 0.05) is 17.3 Å². The standard InChI is InChI=1S/C25H28N4O5/c1-13-8-6-7-9-15(13)29-20(22(31)27-24(3,4)5)25-11-10-16(33-25)18(19(25)23(29)32)21(30)26-17-12-14(2)34-28-17/h6-12,16,18-20H,1-5H3,(H,27,31)(H,26,28,30)/t16-,18-,19+,20-,25-/m1/s1. The number of amides is 3. The number of aromatic nitrogens is 1. The van der Waals surface area contributed by atoms with E-state index < -0.39 is 41.0 Å². The van der Waals surface area contributed by atoms with E-state index in [4.69, 9.17) is 9.26 Å². The number of benzene rings is 1. The summed E-state index contributed by atoms with van der Waals surface area (Å²) < 4.78 is 11.4. The van der Waals surface area contributed by atoms with E-state index >= 15 is 0 Å². The van der Waals surface area contributed by atoms with Crippen molar-refractivity contribution in [3.05, 3.63) is 53.8 Å². The summed E-state index contributed by atoms with van der Waals surface area (Å²) in [6, 6.07) is 8.04. The predicted molar refractivity (Wildman–Crippen MR) is 124 cm³/mol. The first-order valence-corrected chi connectivity index (χ1v) is 11.3. The number of ether oxygens (including phenoxy) is 1. The molecule has 2 N–H and O–H groups in total. The molecule has 0 unspecified atom stereocenters. The highest BCUT2D eigenvalue weighted by Crippen LogP contribution is 2.56. The first kappa shape index (κ1) is 22.3. The van der Waals surface area contributed by atoms with Crippen molar-refractivity contribution < 1.29 is 23.6 Å². The molecular formula is C25H28N4O5. The molecule has 1 spiro atoms. The maximum Gasteiger partial charge on any atom is 0.246 e. The first-order valence-electron chi connectivity index (χ1n) is 11.3. The summed E-state index contributed by atoms with van der Waals surface area (Å²) in [4.78, 5) is 42.5. The summed E-state index contributed by atoms with van der Waals surface area (Å²) >= 11 is 0. The number of carbonyl (C=O) groups is 3. The fourth-order valence-electron chi connectivity index (χ4n) is 5.34. The Kier molecular flexibility index (Phi) is 4.95. The van der Waals surface area contributed by atoms with Crippen molar-refractivity contribution in [3.8, 4) is 0 Å². The van der Waals surface area contributed by atoms with Crippen molar-refractivity contribution in [2.45, 2.75) is 57.9 Å². The Morgan fingerprint density at radius 3 is 2.53 bits per heavy atom. The third kappa shape index (κ3) is 3.34. The van der Waals surface area contributed by atoms with Crippen LogP contribution in [0.15, 0.2) is 47.0 Å². The SMILES string of the molecule is Cc1cc(NC(=O)[C@H]2[C@H]3C(=O)N(c4ccccc4C)[C@H](C(=O)NC(C)(C)C)[C@@]34C=C[C@H]2O4)no1. The molecule has 178 valence electrons. The highest BCUT2D eigenvalue weighted by atomic mass is 16.5. The minimum atomic E-state index is -1.25. The van der Waals surface area contributed by atoms with Crippen LogP contribution in [-0.2, 0) is 19.1 Å². The van der Waals surface area contributed by atoms with Crippen molar-refractivity contribution >= 4 is 29.2 Å². The van der Waals surface area contributed by atoms with Crippen LogP contribution in [-0.4, -0.2) is 46.2 Å². The van der Waals surface area contributed by atoms with Crippen LogP contribution in [0.5, 0.6) is 0 Å². The number of fused-ring (bicyclic) bond motifs is 1. The lowest BCUT2D eigenvalue weighted by atomic mass is 9.74. The molecule has 1 aromatic carbocycles. The molecule has 9 nitrogen and oxygen atoms in total. The van der Waals surface area contributed by atoms with E-state index in [1.165, 1.54) is 4.90 Å². The summed E-state index contributed by atoms with van der Waals surface area (Å²) in [5, 5.41) is 9.57. The van der Waals surface area contributed by atoms with Gasteiger partial charge in [0.05, 0.1) is 17.9 Å². The number of aryl methyl sites for hydroxylation is 2. The van der Waals surface area contributed by atoms with Gasteiger partial charge in [-0.15, -0.1) is 0 Å². The molecule has 2 aromatic rings. The van der Waals surface area contributed by atoms with Gasteiger partial charge in [0.15, 0.2) is 5.82 Å². The molecule has 9 heteroatoms. The third-order valence-electron chi connectivity index (χ3n) is 6.58. The van der Waals surface area contributed by atoms with Crippen LogP contribution in [0.1, 0.15) is 32.1 Å². The van der Waals surface area contributed by atoms with Crippen LogP contribution in [0.25, 0.3) is 0 Å². The number of carbonyl (C=O) groups excluding carboxylic acids is 3. The number of nitrogens with one attached hydrogen (secondary N) is 2. The lowest BCUT2D eigenvalue weighted by molar-refractivity contribution is -0.129. The van der Waals surface area contributed by atoms with Crippen LogP contribution in [0, 0.1) is 25.7 Å². The number of para-hydroxylation sites is 1. The van der Waals surface area contributed by atoms with E-state index in [1.54, 1.807) is 25.1 Å². The molecule has 5 rings (SSSR count). The number of nitrogens with zero attached hydrogens (tertiary/aromatic N) is 2. The van der Waals surface area contributed by atoms with Gasteiger partial charge in [-0.05, 0) is 46.2 Å². The van der Waals surface area contributed by atoms with Crippen LogP contribution in [0.2, 0.25) is 0 Å². The van der Waals surface area contributed by atoms with Crippen molar-refractivity contribution in [2.24, 2.45) is 11.8 Å². The van der Waals surface area contributed by atoms with Gasteiger partial charge in [0.2, 0.25) is 17.7 Å². The Bertz CT molecular complexity index is 1210. The molecule has 3 amide bonds. The van der Waals surface area contributed by atoms with Crippen LogP contribution >= 0.6 is 0 Å². The zero-order valence-electron chi connectivity index (χ0n) is 19.8. The fraction of sp³-hybridized carbons (Fsp3) is 0.440. The molecule has 3 aliphatic heterocycles. The average molecular weight is 465 g/mol. The van der Waals surface area contributed by atoms with Crippen molar-refractivity contribution in [1.82, 2.24) is 10.5 Å². The van der Waals surface area contributed by atoms with Gasteiger partial charge in [-0.25, -0.2) is 0 Å². The summed E-state index contributed by atoms with van der Waals surface area (Å²) in [6.07, 6.45) is 2.95. The summed E-state index contributed by atoms with van der Waals surface area (Å²) in [5.41, 5.74) is -0.301. The van der Waals surface area contributed by atoms with Crippen molar-refractivity contribution in [3.63, 3.8) is 0 Å². The third-order valence-corrected chi connectivity index (χ3v) is 6.58. The van der Waals surface area contributed by atoms with Crippen LogP contribution in [0.3, 0.4) is 0 Å². The van der Waals surface area contributed by atoms with E-state index in [2.05, 4.69) is 15.8 Å². The molecule has 0 radical (unpaired) electrons. The molecule has 2 fully saturated rings. The molecule has 0 aliphatic carbocycles. The molecule has 2 bridgehead atoms. The van der Waals surface area contributed by atoms with Gasteiger partial charge in [0.25, 0.3) is 0 Å². The monoisotopic (exact) mass is 464 g/mol. The molecule has 3 aliphatic rings. The molecule has 5 atom stereocenters. The summed E-state index contributed by atoms with van der Waals surface area (Å²) in [6.45, 7) is 9.26. The zero-order valence-corrected chi connectivity index (χ0v) is 19.8. The minimum Gasteiger partial charge on any atom is -0.360 e. The number of hydrogen-bond acceptors (Lipinski definition) is 6. The number of anilines is 2. The van der Waals surface area contributed by atoms with E-state index in [9.17, 15) is 14.4 Å². The zero-order chi connectivity index (χ0) is 24.4. The number of hydrogen-bond donors (Lipinski definition) is 2. The number of rotatable bonds is 4. The van der Waals surface area contributed by atoms with Crippen molar-refractivity contribution in [1.29, 1.82) is 0 Å². The second-order valence-electron chi connectivity index (χ2n) is 10.2. The highest BCUT2D eigenvalue weighted by Gasteiger charge is 2.73. The van der Waals surface area contributed by atoms with E-state index in [0.717, 1.165) is 5.56 Å². The molecule has 34 heavy (non-hydrogen) atoms. The molecule has 4 heterocycles. The quantitative estimate of drug-likeness (QED) is 0.672. The van der Waals surface area contributed by atoms with Crippen LogP contribution in [0.4, 0.5) is 11.5 Å². The van der Waals surface area contributed by atoms with Gasteiger partial charge in [-0.3, -0.25) is 19.3 Å².